The van der Waals surface area contributed by atoms with Crippen molar-refractivity contribution >= 4 is 16.5 Å². The highest BCUT2D eigenvalue weighted by Crippen LogP contribution is 2.26. The van der Waals surface area contributed by atoms with Crippen LogP contribution >= 0.6 is 0 Å². The quantitative estimate of drug-likeness (QED) is 0.687. The molecule has 2 rings (SSSR count). The van der Waals surface area contributed by atoms with Gasteiger partial charge in [-0.25, -0.2) is 0 Å². The van der Waals surface area contributed by atoms with Crippen LogP contribution in [-0.2, 0) is 0 Å². The molecule has 0 aliphatic carbocycles. The summed E-state index contributed by atoms with van der Waals surface area (Å²) in [4.78, 5) is 2.16. The van der Waals surface area contributed by atoms with Crippen LogP contribution in [0.15, 0.2) is 36.4 Å². The van der Waals surface area contributed by atoms with E-state index in [1.165, 1.54) is 22.0 Å². The van der Waals surface area contributed by atoms with E-state index in [1.54, 1.807) is 0 Å². The normalized spacial score (nSPS) is 9.56. The summed E-state index contributed by atoms with van der Waals surface area (Å²) >= 11 is 0. The summed E-state index contributed by atoms with van der Waals surface area (Å²) in [6.45, 7) is 6.14. The predicted octanol–water partition coefficient (Wildman–Crippen LogP) is 4.24. The van der Waals surface area contributed by atoms with Gasteiger partial charge in [0.05, 0.1) is 0 Å². The number of hydrogen-bond acceptors (Lipinski definition) is 1. The lowest BCUT2D eigenvalue weighted by atomic mass is 10.1. The number of hydrogen-bond donors (Lipinski definition) is 0. The van der Waals surface area contributed by atoms with Crippen LogP contribution in [0.25, 0.3) is 10.8 Å². The summed E-state index contributed by atoms with van der Waals surface area (Å²) in [6, 6.07) is 13.0. The van der Waals surface area contributed by atoms with Gasteiger partial charge in [-0.2, -0.15) is 0 Å². The maximum Gasteiger partial charge on any atom is 0.0443 e. The van der Waals surface area contributed by atoms with Crippen molar-refractivity contribution in [3.05, 3.63) is 42.0 Å². The number of benzene rings is 2. The van der Waals surface area contributed by atoms with E-state index < -0.39 is 0 Å². The van der Waals surface area contributed by atoms with Crippen LogP contribution in [0.4, 0.5) is 5.69 Å². The zero-order valence-corrected chi connectivity index (χ0v) is 10.9. The maximum absolute atomic E-state index is 2.22. The van der Waals surface area contributed by atoms with E-state index in [4.69, 9.17) is 0 Å². The van der Waals surface area contributed by atoms with Gasteiger partial charge in [0.2, 0.25) is 0 Å². The molecule has 16 heavy (non-hydrogen) atoms. The Labute approximate surface area is 98.7 Å². The Morgan fingerprint density at radius 1 is 0.938 bits per heavy atom. The molecule has 0 aliphatic heterocycles. The maximum atomic E-state index is 2.22. The molecule has 0 atom stereocenters. The van der Waals surface area contributed by atoms with Crippen LogP contribution in [-0.4, -0.2) is 14.1 Å². The van der Waals surface area contributed by atoms with E-state index in [0.717, 1.165) is 0 Å². The predicted molar refractivity (Wildman–Crippen MR) is 74.4 cm³/mol. The fraction of sp³-hybridized carbons (Fsp3) is 0.333. The lowest BCUT2D eigenvalue weighted by Crippen LogP contribution is -2.09. The molecule has 0 radical (unpaired) electrons. The van der Waals surface area contributed by atoms with E-state index in [0.29, 0.717) is 0 Å². The summed E-state index contributed by atoms with van der Waals surface area (Å²) < 4.78 is 0. The van der Waals surface area contributed by atoms with Crippen molar-refractivity contribution in [2.75, 3.05) is 19.0 Å². The van der Waals surface area contributed by atoms with Gasteiger partial charge in [0.15, 0.2) is 0 Å². The molecule has 0 saturated carbocycles. The van der Waals surface area contributed by atoms with Gasteiger partial charge in [0, 0.05) is 25.2 Å². The Bertz CT molecular complexity index is 458. The number of aryl methyl sites for hydroxylation is 1. The number of rotatable bonds is 1. The highest BCUT2D eigenvalue weighted by molar-refractivity contribution is 5.94. The molecule has 0 saturated heterocycles. The molecule has 0 bridgehead atoms. The van der Waals surface area contributed by atoms with Crippen LogP contribution in [0, 0.1) is 6.92 Å². The second kappa shape index (κ2) is 5.55. The van der Waals surface area contributed by atoms with Gasteiger partial charge >= 0.3 is 0 Å². The molecule has 1 heteroatoms. The van der Waals surface area contributed by atoms with Gasteiger partial charge < -0.3 is 4.90 Å². The minimum Gasteiger partial charge on any atom is -0.377 e. The summed E-state index contributed by atoms with van der Waals surface area (Å²) in [7, 11) is 4.17. The van der Waals surface area contributed by atoms with E-state index in [1.807, 2.05) is 13.8 Å². The third-order valence-corrected chi connectivity index (χ3v) is 2.47. The Morgan fingerprint density at radius 3 is 2.19 bits per heavy atom. The average Bonchev–Trinajstić information content (AvgIpc) is 2.30. The van der Waals surface area contributed by atoms with Crippen LogP contribution in [0.2, 0.25) is 0 Å². The summed E-state index contributed by atoms with van der Waals surface area (Å²) in [5.74, 6) is 0. The van der Waals surface area contributed by atoms with Gasteiger partial charge in [-0.3, -0.25) is 0 Å². The Morgan fingerprint density at radius 2 is 1.56 bits per heavy atom. The topological polar surface area (TPSA) is 3.24 Å². The van der Waals surface area contributed by atoms with E-state index in [-0.39, 0.29) is 0 Å². The van der Waals surface area contributed by atoms with Crippen molar-refractivity contribution in [3.63, 3.8) is 0 Å². The van der Waals surface area contributed by atoms with E-state index in [9.17, 15) is 0 Å². The molecule has 0 aromatic heterocycles. The fourth-order valence-electron chi connectivity index (χ4n) is 1.81. The van der Waals surface area contributed by atoms with Crippen molar-refractivity contribution < 1.29 is 0 Å². The van der Waals surface area contributed by atoms with Crippen molar-refractivity contribution in [1.82, 2.24) is 0 Å². The van der Waals surface area contributed by atoms with Gasteiger partial charge in [0.1, 0.15) is 0 Å². The lowest BCUT2D eigenvalue weighted by Gasteiger charge is -2.16. The van der Waals surface area contributed by atoms with Crippen molar-refractivity contribution in [2.24, 2.45) is 0 Å². The molecule has 1 nitrogen and oxygen atoms in total. The van der Waals surface area contributed by atoms with Crippen LogP contribution < -0.4 is 4.90 Å². The Hall–Kier alpha value is -1.50. The standard InChI is InChI=1S/C13H15N.C2H6/c1-10-8-11-6-4-5-7-12(11)13(9-10)14(2)3;1-2/h4-9H,1-3H3;1-2H3. The summed E-state index contributed by atoms with van der Waals surface area (Å²) in [6.07, 6.45) is 0. The number of fused-ring (bicyclic) bond motifs is 1. The lowest BCUT2D eigenvalue weighted by molar-refractivity contribution is 1.14. The largest absolute Gasteiger partial charge is 0.377 e. The van der Waals surface area contributed by atoms with Crippen molar-refractivity contribution in [2.45, 2.75) is 20.8 Å². The van der Waals surface area contributed by atoms with Crippen LogP contribution in [0.5, 0.6) is 0 Å². The molecule has 2 aromatic carbocycles. The first kappa shape index (κ1) is 12.6. The average molecular weight is 215 g/mol. The third-order valence-electron chi connectivity index (χ3n) is 2.47. The molecular weight excluding hydrogens is 194 g/mol. The summed E-state index contributed by atoms with van der Waals surface area (Å²) in [5.41, 5.74) is 2.60. The Balaban J connectivity index is 0.000000606. The van der Waals surface area contributed by atoms with Gasteiger partial charge in [-0.05, 0) is 23.9 Å². The highest BCUT2D eigenvalue weighted by atomic mass is 15.1. The van der Waals surface area contributed by atoms with E-state index in [2.05, 4.69) is 62.3 Å². The highest BCUT2D eigenvalue weighted by Gasteiger charge is 2.02. The second-order valence-corrected chi connectivity index (χ2v) is 3.90. The molecule has 0 N–H and O–H groups in total. The first-order valence-electron chi connectivity index (χ1n) is 5.85. The molecule has 0 spiro atoms. The SMILES string of the molecule is CC.Cc1cc(N(C)C)c2ccccc2c1. The second-order valence-electron chi connectivity index (χ2n) is 3.90. The molecule has 0 unspecified atom stereocenters. The fourth-order valence-corrected chi connectivity index (χ4v) is 1.81. The van der Waals surface area contributed by atoms with Crippen LogP contribution in [0.3, 0.4) is 0 Å². The van der Waals surface area contributed by atoms with Gasteiger partial charge in [-0.15, -0.1) is 0 Å². The minimum absolute atomic E-state index is 1.29. The van der Waals surface area contributed by atoms with Gasteiger partial charge in [0.25, 0.3) is 0 Å². The number of nitrogens with zero attached hydrogens (tertiary/aromatic N) is 1. The minimum atomic E-state index is 1.29. The monoisotopic (exact) mass is 215 g/mol. The Kier molecular flexibility index (Phi) is 4.36. The molecule has 0 heterocycles. The molecule has 0 aliphatic rings. The zero-order chi connectivity index (χ0) is 12.1. The molecule has 0 amide bonds. The van der Waals surface area contributed by atoms with E-state index >= 15 is 0 Å². The first-order valence-corrected chi connectivity index (χ1v) is 5.85. The molecule has 86 valence electrons. The van der Waals surface area contributed by atoms with Gasteiger partial charge in [-0.1, -0.05) is 44.2 Å². The first-order chi connectivity index (χ1) is 7.68. The zero-order valence-electron chi connectivity index (χ0n) is 10.9. The smallest absolute Gasteiger partial charge is 0.0443 e. The third kappa shape index (κ3) is 2.54. The van der Waals surface area contributed by atoms with Crippen molar-refractivity contribution in [1.29, 1.82) is 0 Å². The molecule has 2 aromatic rings. The molecular formula is C15H21N. The number of anilines is 1. The van der Waals surface area contributed by atoms with Crippen LogP contribution in [0.1, 0.15) is 19.4 Å². The van der Waals surface area contributed by atoms with Crippen molar-refractivity contribution in [3.8, 4) is 0 Å². The summed E-state index contributed by atoms with van der Waals surface area (Å²) in [5, 5.41) is 2.64. The molecule has 0 fully saturated rings.